The molecule has 0 radical (unpaired) electrons. The summed E-state index contributed by atoms with van der Waals surface area (Å²) in [6, 6.07) is 9.43. The van der Waals surface area contributed by atoms with E-state index in [2.05, 4.69) is 5.32 Å². The highest BCUT2D eigenvalue weighted by Gasteiger charge is 2.20. The standard InChI is InChI=1S/C16H26N2O2.ClH/c1-11(2)15(17)16(20)18-10-14(9-12(3)19)13-7-5-4-6-8-13;/h4-8,11-12,14-15,19H,9-10,17H2,1-3H3,(H,18,20);1H/t12?,14?,15-;/m0./s1. The fourth-order valence-corrected chi connectivity index (χ4v) is 2.12. The van der Waals surface area contributed by atoms with Gasteiger partial charge in [0.15, 0.2) is 0 Å². The Morgan fingerprint density at radius 3 is 2.29 bits per heavy atom. The SMILES string of the molecule is CC(O)CC(CNC(=O)[C@@H](N)C(C)C)c1ccccc1.Cl. The van der Waals surface area contributed by atoms with Gasteiger partial charge in [-0.05, 0) is 24.8 Å². The van der Waals surface area contributed by atoms with E-state index < -0.39 is 12.1 Å². The number of nitrogens with two attached hydrogens (primary N) is 1. The summed E-state index contributed by atoms with van der Waals surface area (Å²) < 4.78 is 0. The summed E-state index contributed by atoms with van der Waals surface area (Å²) in [5.41, 5.74) is 6.94. The number of aliphatic hydroxyl groups excluding tert-OH is 1. The first-order valence-electron chi connectivity index (χ1n) is 7.18. The van der Waals surface area contributed by atoms with Crippen molar-refractivity contribution in [3.63, 3.8) is 0 Å². The quantitative estimate of drug-likeness (QED) is 0.721. The fourth-order valence-electron chi connectivity index (χ4n) is 2.12. The first-order valence-corrected chi connectivity index (χ1v) is 7.18. The molecule has 0 spiro atoms. The van der Waals surface area contributed by atoms with Crippen LogP contribution >= 0.6 is 12.4 Å². The van der Waals surface area contributed by atoms with Gasteiger partial charge in [0.1, 0.15) is 0 Å². The number of hydrogen-bond acceptors (Lipinski definition) is 3. The zero-order valence-electron chi connectivity index (χ0n) is 13.0. The minimum absolute atomic E-state index is 0. The van der Waals surface area contributed by atoms with Gasteiger partial charge in [0, 0.05) is 12.5 Å². The Morgan fingerprint density at radius 2 is 1.81 bits per heavy atom. The monoisotopic (exact) mass is 314 g/mol. The number of hydrogen-bond donors (Lipinski definition) is 3. The van der Waals surface area contributed by atoms with E-state index in [4.69, 9.17) is 5.73 Å². The average molecular weight is 315 g/mol. The molecule has 0 heterocycles. The molecule has 1 rings (SSSR count). The molecule has 2 unspecified atom stereocenters. The summed E-state index contributed by atoms with van der Waals surface area (Å²) >= 11 is 0. The molecule has 4 nitrogen and oxygen atoms in total. The Balaban J connectivity index is 0.00000400. The number of benzene rings is 1. The molecule has 0 aliphatic rings. The molecule has 1 amide bonds. The molecule has 120 valence electrons. The molecule has 4 N–H and O–H groups in total. The van der Waals surface area contributed by atoms with Crippen molar-refractivity contribution in [3.8, 4) is 0 Å². The van der Waals surface area contributed by atoms with Crippen LogP contribution in [0.15, 0.2) is 30.3 Å². The molecular weight excluding hydrogens is 288 g/mol. The molecule has 5 heteroatoms. The Hall–Kier alpha value is -1.10. The normalized spacial score (nSPS) is 15.0. The molecule has 3 atom stereocenters. The van der Waals surface area contributed by atoms with Gasteiger partial charge in [-0.1, -0.05) is 44.2 Å². The average Bonchev–Trinajstić information content (AvgIpc) is 2.42. The van der Waals surface area contributed by atoms with Crippen molar-refractivity contribution in [1.82, 2.24) is 5.32 Å². The van der Waals surface area contributed by atoms with Gasteiger partial charge in [0.05, 0.1) is 12.1 Å². The third kappa shape index (κ3) is 6.93. The zero-order chi connectivity index (χ0) is 15.1. The number of halogens is 1. The second-order valence-corrected chi connectivity index (χ2v) is 5.71. The summed E-state index contributed by atoms with van der Waals surface area (Å²) in [6.45, 7) is 6.11. The van der Waals surface area contributed by atoms with Crippen LogP contribution in [0.5, 0.6) is 0 Å². The third-order valence-corrected chi connectivity index (χ3v) is 3.44. The minimum atomic E-state index is -0.488. The van der Waals surface area contributed by atoms with E-state index in [1.165, 1.54) is 0 Å². The molecule has 1 aromatic carbocycles. The van der Waals surface area contributed by atoms with Gasteiger partial charge < -0.3 is 16.2 Å². The van der Waals surface area contributed by atoms with Gasteiger partial charge in [0.25, 0.3) is 0 Å². The first kappa shape index (κ1) is 19.9. The van der Waals surface area contributed by atoms with Gasteiger partial charge in [-0.2, -0.15) is 0 Å². The lowest BCUT2D eigenvalue weighted by atomic mass is 9.93. The van der Waals surface area contributed by atoms with Crippen LogP contribution < -0.4 is 11.1 Å². The number of nitrogens with one attached hydrogen (secondary N) is 1. The molecule has 0 bridgehead atoms. The number of rotatable bonds is 7. The molecule has 0 aliphatic carbocycles. The van der Waals surface area contributed by atoms with Crippen molar-refractivity contribution in [2.75, 3.05) is 6.54 Å². The van der Waals surface area contributed by atoms with E-state index in [0.29, 0.717) is 13.0 Å². The zero-order valence-corrected chi connectivity index (χ0v) is 13.8. The molecule has 21 heavy (non-hydrogen) atoms. The van der Waals surface area contributed by atoms with Crippen LogP contribution in [0.2, 0.25) is 0 Å². The highest BCUT2D eigenvalue weighted by molar-refractivity contribution is 5.85. The van der Waals surface area contributed by atoms with Crippen molar-refractivity contribution in [2.24, 2.45) is 11.7 Å². The van der Waals surface area contributed by atoms with Crippen LogP contribution in [0.4, 0.5) is 0 Å². The van der Waals surface area contributed by atoms with Gasteiger partial charge in [-0.25, -0.2) is 0 Å². The fraction of sp³-hybridized carbons (Fsp3) is 0.562. The van der Waals surface area contributed by atoms with Crippen molar-refractivity contribution in [1.29, 1.82) is 0 Å². The van der Waals surface area contributed by atoms with Crippen LogP contribution in [0.1, 0.15) is 38.7 Å². The highest BCUT2D eigenvalue weighted by Crippen LogP contribution is 2.20. The van der Waals surface area contributed by atoms with Crippen LogP contribution in [0.25, 0.3) is 0 Å². The second-order valence-electron chi connectivity index (χ2n) is 5.71. The molecule has 1 aromatic rings. The van der Waals surface area contributed by atoms with Crippen molar-refractivity contribution in [2.45, 2.75) is 45.3 Å². The maximum absolute atomic E-state index is 11.9. The van der Waals surface area contributed by atoms with Gasteiger partial charge in [-0.3, -0.25) is 4.79 Å². The van der Waals surface area contributed by atoms with Crippen molar-refractivity contribution in [3.05, 3.63) is 35.9 Å². The van der Waals surface area contributed by atoms with Gasteiger partial charge in [-0.15, -0.1) is 12.4 Å². The van der Waals surface area contributed by atoms with Gasteiger partial charge in [0.2, 0.25) is 5.91 Å². The Labute approximate surface area is 133 Å². The van der Waals surface area contributed by atoms with Crippen LogP contribution in [-0.4, -0.2) is 29.7 Å². The Bertz CT molecular complexity index is 410. The Kier molecular flexibility index (Phi) is 9.26. The molecule has 0 aromatic heterocycles. The predicted octanol–water partition coefficient (Wildman–Crippen LogP) is 2.06. The molecule has 0 aliphatic heterocycles. The first-order chi connectivity index (χ1) is 9.41. The van der Waals surface area contributed by atoms with E-state index in [-0.39, 0.29) is 30.2 Å². The smallest absolute Gasteiger partial charge is 0.237 e. The van der Waals surface area contributed by atoms with Crippen LogP contribution in [0, 0.1) is 5.92 Å². The molecule has 0 saturated carbocycles. The van der Waals surface area contributed by atoms with Crippen molar-refractivity contribution >= 4 is 18.3 Å². The van der Waals surface area contributed by atoms with E-state index in [1.54, 1.807) is 6.92 Å². The topological polar surface area (TPSA) is 75.3 Å². The predicted molar refractivity (Wildman–Crippen MR) is 88.6 cm³/mol. The maximum Gasteiger partial charge on any atom is 0.237 e. The summed E-state index contributed by atoms with van der Waals surface area (Å²) in [5, 5.41) is 12.5. The minimum Gasteiger partial charge on any atom is -0.393 e. The van der Waals surface area contributed by atoms with Crippen LogP contribution in [-0.2, 0) is 4.79 Å². The highest BCUT2D eigenvalue weighted by atomic mass is 35.5. The number of carbonyl (C=O) groups is 1. The summed E-state index contributed by atoms with van der Waals surface area (Å²) in [4.78, 5) is 11.9. The Morgan fingerprint density at radius 1 is 1.24 bits per heavy atom. The van der Waals surface area contributed by atoms with E-state index in [0.717, 1.165) is 5.56 Å². The lowest BCUT2D eigenvalue weighted by Crippen LogP contribution is -2.45. The third-order valence-electron chi connectivity index (χ3n) is 3.44. The largest absolute Gasteiger partial charge is 0.393 e. The lowest BCUT2D eigenvalue weighted by Gasteiger charge is -2.22. The van der Waals surface area contributed by atoms with Crippen molar-refractivity contribution < 1.29 is 9.90 Å². The van der Waals surface area contributed by atoms with Crippen LogP contribution in [0.3, 0.4) is 0 Å². The second kappa shape index (κ2) is 9.77. The van der Waals surface area contributed by atoms with E-state index in [1.807, 2.05) is 44.2 Å². The molecule has 0 fully saturated rings. The molecular formula is C16H27ClN2O2. The summed E-state index contributed by atoms with van der Waals surface area (Å²) in [7, 11) is 0. The van der Waals surface area contributed by atoms with Gasteiger partial charge >= 0.3 is 0 Å². The number of carbonyl (C=O) groups excluding carboxylic acids is 1. The maximum atomic E-state index is 11.9. The number of amides is 1. The molecule has 0 saturated heterocycles. The summed E-state index contributed by atoms with van der Waals surface area (Å²) in [6.07, 6.45) is 0.206. The summed E-state index contributed by atoms with van der Waals surface area (Å²) in [5.74, 6) is 0.0768. The number of aliphatic hydroxyl groups is 1. The van der Waals surface area contributed by atoms with E-state index >= 15 is 0 Å². The van der Waals surface area contributed by atoms with E-state index in [9.17, 15) is 9.90 Å². The lowest BCUT2D eigenvalue weighted by molar-refractivity contribution is -0.123.